The van der Waals surface area contributed by atoms with Crippen LogP contribution in [-0.2, 0) is 19.1 Å². The molecule has 0 spiro atoms. The Morgan fingerprint density at radius 1 is 1.05 bits per heavy atom. The van der Waals surface area contributed by atoms with Gasteiger partial charge < -0.3 is 30.1 Å². The largest absolute Gasteiger partial charge is 0.497 e. The minimum atomic E-state index is -1.45. The molecule has 0 bridgehead atoms. The molecule has 1 aliphatic heterocycles. The van der Waals surface area contributed by atoms with E-state index >= 15 is 0 Å². The number of benzene rings is 2. The van der Waals surface area contributed by atoms with E-state index in [1.165, 1.54) is 12.0 Å². The number of carbonyl (C=O) groups excluding carboxylic acids is 3. The number of rotatable bonds is 11. The van der Waals surface area contributed by atoms with Crippen LogP contribution in [0.15, 0.2) is 54.6 Å². The van der Waals surface area contributed by atoms with Crippen LogP contribution in [-0.4, -0.2) is 66.7 Å². The smallest absolute Gasteiger partial charge is 0.328 e. The molecule has 3 rings (SSSR count). The van der Waals surface area contributed by atoms with E-state index in [9.17, 15) is 19.5 Å². The summed E-state index contributed by atoms with van der Waals surface area (Å²) in [5.74, 6) is -0.652. The summed E-state index contributed by atoms with van der Waals surface area (Å²) < 4.78 is 10.1. The Bertz CT molecular complexity index is 1040. The highest BCUT2D eigenvalue weighted by Crippen LogP contribution is 2.28. The summed E-state index contributed by atoms with van der Waals surface area (Å²) >= 11 is 0. The molecule has 0 radical (unpaired) electrons. The van der Waals surface area contributed by atoms with Gasteiger partial charge in [-0.05, 0) is 55.0 Å². The highest BCUT2D eigenvalue weighted by atomic mass is 16.5. The number of nitrogens with zero attached hydrogens (tertiary/aromatic N) is 1. The third-order valence-electron chi connectivity index (χ3n) is 6.49. The molecule has 3 N–H and O–H groups in total. The van der Waals surface area contributed by atoms with Crippen molar-refractivity contribution in [1.29, 1.82) is 0 Å². The van der Waals surface area contributed by atoms with Gasteiger partial charge >= 0.3 is 5.97 Å². The average Bonchev–Trinajstić information content (AvgIpc) is 3.41. The van der Waals surface area contributed by atoms with E-state index in [1.807, 2.05) is 44.2 Å². The lowest BCUT2D eigenvalue weighted by Crippen LogP contribution is -2.54. The fourth-order valence-electron chi connectivity index (χ4n) is 4.58. The Hall–Kier alpha value is -3.59. The molecule has 9 heteroatoms. The molecule has 4 atom stereocenters. The van der Waals surface area contributed by atoms with Gasteiger partial charge in [-0.1, -0.05) is 44.2 Å². The number of methoxy groups -OCH3 is 2. The van der Waals surface area contributed by atoms with Gasteiger partial charge in [0, 0.05) is 12.2 Å². The number of hydrogen-bond donors (Lipinski definition) is 3. The van der Waals surface area contributed by atoms with Crippen LogP contribution >= 0.6 is 0 Å². The van der Waals surface area contributed by atoms with Gasteiger partial charge in [0.2, 0.25) is 5.91 Å². The monoisotopic (exact) mass is 511 g/mol. The zero-order chi connectivity index (χ0) is 26.9. The molecule has 0 aliphatic carbocycles. The number of hydrogen-bond acceptors (Lipinski definition) is 7. The van der Waals surface area contributed by atoms with Gasteiger partial charge in [-0.25, -0.2) is 4.79 Å². The number of anilines is 1. The summed E-state index contributed by atoms with van der Waals surface area (Å²) in [4.78, 5) is 40.3. The summed E-state index contributed by atoms with van der Waals surface area (Å²) in [6.07, 6.45) is 0.0293. The Kier molecular flexibility index (Phi) is 9.91. The molecule has 1 saturated heterocycles. The molecule has 0 unspecified atom stereocenters. The second-order valence-corrected chi connectivity index (χ2v) is 9.61. The van der Waals surface area contributed by atoms with E-state index in [2.05, 4.69) is 10.6 Å². The van der Waals surface area contributed by atoms with Crippen molar-refractivity contribution in [2.45, 2.75) is 57.3 Å². The molecule has 9 nitrogen and oxygen atoms in total. The van der Waals surface area contributed by atoms with Gasteiger partial charge in [0.15, 0.2) is 6.10 Å². The van der Waals surface area contributed by atoms with Crippen LogP contribution in [0.5, 0.6) is 5.75 Å². The Morgan fingerprint density at radius 2 is 1.73 bits per heavy atom. The maximum absolute atomic E-state index is 13.6. The number of aliphatic hydroxyl groups is 1. The van der Waals surface area contributed by atoms with E-state index in [0.717, 1.165) is 5.56 Å². The molecule has 2 aromatic carbocycles. The minimum Gasteiger partial charge on any atom is -0.497 e. The molecule has 0 saturated carbocycles. The van der Waals surface area contributed by atoms with Crippen LogP contribution in [0.3, 0.4) is 0 Å². The zero-order valence-corrected chi connectivity index (χ0v) is 21.8. The van der Waals surface area contributed by atoms with E-state index < -0.39 is 42.0 Å². The maximum atomic E-state index is 13.6. The maximum Gasteiger partial charge on any atom is 0.328 e. The normalized spacial score (nSPS) is 17.6. The number of likely N-dealkylation sites (tertiary alicyclic amines) is 1. The van der Waals surface area contributed by atoms with Crippen molar-refractivity contribution >= 4 is 23.5 Å². The topological polar surface area (TPSA) is 117 Å². The molecule has 37 heavy (non-hydrogen) atoms. The fourth-order valence-corrected chi connectivity index (χ4v) is 4.58. The van der Waals surface area contributed by atoms with E-state index in [-0.39, 0.29) is 5.92 Å². The molecular weight excluding hydrogens is 474 g/mol. The van der Waals surface area contributed by atoms with Crippen molar-refractivity contribution in [3.63, 3.8) is 0 Å². The molecular formula is C28H37N3O6. The van der Waals surface area contributed by atoms with Crippen molar-refractivity contribution in [1.82, 2.24) is 10.2 Å². The number of aliphatic hydroxyl groups excluding tert-OH is 1. The van der Waals surface area contributed by atoms with E-state index in [4.69, 9.17) is 9.47 Å². The predicted molar refractivity (Wildman–Crippen MR) is 140 cm³/mol. The van der Waals surface area contributed by atoms with Crippen LogP contribution in [0, 0.1) is 5.92 Å². The molecule has 2 amide bonds. The second kappa shape index (κ2) is 13.1. The average molecular weight is 512 g/mol. The van der Waals surface area contributed by atoms with E-state index in [0.29, 0.717) is 37.2 Å². The summed E-state index contributed by atoms with van der Waals surface area (Å²) in [6.45, 7) is 4.23. The van der Waals surface area contributed by atoms with Gasteiger partial charge in [-0.15, -0.1) is 0 Å². The van der Waals surface area contributed by atoms with Crippen LogP contribution in [0.2, 0.25) is 0 Å². The van der Waals surface area contributed by atoms with Crippen LogP contribution in [0.25, 0.3) is 0 Å². The van der Waals surface area contributed by atoms with Crippen LogP contribution < -0.4 is 15.4 Å². The van der Waals surface area contributed by atoms with Crippen molar-refractivity contribution < 1.29 is 29.0 Å². The highest BCUT2D eigenvalue weighted by Gasteiger charge is 2.40. The summed E-state index contributed by atoms with van der Waals surface area (Å²) in [7, 11) is 2.86. The van der Waals surface area contributed by atoms with Gasteiger partial charge in [-0.2, -0.15) is 0 Å². The van der Waals surface area contributed by atoms with Crippen molar-refractivity contribution in [2.24, 2.45) is 5.92 Å². The first-order chi connectivity index (χ1) is 17.7. The summed E-state index contributed by atoms with van der Waals surface area (Å²) in [6, 6.07) is 14.0. The Morgan fingerprint density at radius 3 is 2.32 bits per heavy atom. The lowest BCUT2D eigenvalue weighted by molar-refractivity contribution is -0.148. The lowest BCUT2D eigenvalue weighted by Gasteiger charge is -2.31. The van der Waals surface area contributed by atoms with Crippen molar-refractivity contribution in [3.8, 4) is 5.75 Å². The quantitative estimate of drug-likeness (QED) is 0.397. The van der Waals surface area contributed by atoms with Crippen molar-refractivity contribution in [2.75, 3.05) is 26.1 Å². The Balaban J connectivity index is 1.79. The molecule has 200 valence electrons. The molecule has 1 heterocycles. The number of nitrogens with one attached hydrogen (secondary N) is 2. The third kappa shape index (κ3) is 7.22. The number of esters is 1. The lowest BCUT2D eigenvalue weighted by atomic mass is 9.99. The molecule has 1 fully saturated rings. The third-order valence-corrected chi connectivity index (χ3v) is 6.49. The minimum absolute atomic E-state index is 0.156. The van der Waals surface area contributed by atoms with Gasteiger partial charge in [0.25, 0.3) is 5.91 Å². The van der Waals surface area contributed by atoms with Gasteiger partial charge in [0.05, 0.1) is 20.3 Å². The standard InChI is InChI=1S/C28H37N3O6/c1-18(2)17-22(28(35)37-4)30-26(33)23-11-8-16-31(23)27(34)25(32)24(19-9-6-5-7-10-19)29-20-12-14-21(36-3)15-13-20/h5-7,9-10,12-15,18,22-25,29,32H,8,11,16-17H2,1-4H3,(H,30,33)/t22-,23-,24+,25+/m0/s1. The first-order valence-corrected chi connectivity index (χ1v) is 12.6. The number of carbonyl (C=O) groups is 3. The predicted octanol–water partition coefficient (Wildman–Crippen LogP) is 2.90. The summed E-state index contributed by atoms with van der Waals surface area (Å²) in [5.41, 5.74) is 1.42. The molecule has 1 aliphatic rings. The fraction of sp³-hybridized carbons (Fsp3) is 0.464. The number of ether oxygens (including phenoxy) is 2. The van der Waals surface area contributed by atoms with Crippen LogP contribution in [0.4, 0.5) is 5.69 Å². The summed E-state index contributed by atoms with van der Waals surface area (Å²) in [5, 5.41) is 17.3. The van der Waals surface area contributed by atoms with Gasteiger partial charge in [-0.3, -0.25) is 9.59 Å². The van der Waals surface area contributed by atoms with Crippen LogP contribution in [0.1, 0.15) is 44.7 Å². The second-order valence-electron chi connectivity index (χ2n) is 9.61. The highest BCUT2D eigenvalue weighted by molar-refractivity contribution is 5.92. The first kappa shape index (κ1) is 28.0. The molecule has 0 aromatic heterocycles. The van der Waals surface area contributed by atoms with Crippen molar-refractivity contribution in [3.05, 3.63) is 60.2 Å². The van der Waals surface area contributed by atoms with E-state index in [1.54, 1.807) is 31.4 Å². The van der Waals surface area contributed by atoms with Gasteiger partial charge in [0.1, 0.15) is 17.8 Å². The SMILES string of the molecule is COC(=O)[C@H](CC(C)C)NC(=O)[C@@H]1CCCN1C(=O)[C@H](O)[C@H](Nc1ccc(OC)cc1)c1ccccc1. The Labute approximate surface area is 218 Å². The number of amides is 2. The zero-order valence-electron chi connectivity index (χ0n) is 21.8. The molecule has 2 aromatic rings. The first-order valence-electron chi connectivity index (χ1n) is 12.6.